The van der Waals surface area contributed by atoms with Gasteiger partial charge in [-0.3, -0.25) is 0 Å². The lowest BCUT2D eigenvalue weighted by Gasteiger charge is -2.15. The molecule has 8 heteroatoms. The number of nitrogen functional groups attached to an aromatic ring is 1. The van der Waals surface area contributed by atoms with Crippen molar-refractivity contribution in [3.05, 3.63) is 18.2 Å². The zero-order valence-corrected chi connectivity index (χ0v) is 10.6. The third-order valence-electron chi connectivity index (χ3n) is 2.24. The fourth-order valence-corrected chi connectivity index (χ4v) is 2.69. The number of rotatable bonds is 6. The summed E-state index contributed by atoms with van der Waals surface area (Å²) in [6, 6.07) is 3.13. The standard InChI is InChI=1S/C10H16N2O5S/c1-17-9-4-7(11)2-3-10(9)18(15,16)12-8(5-13)6-14/h2-4,8,12-14H,5-6,11H2,1H3. The molecule has 0 radical (unpaired) electrons. The van der Waals surface area contributed by atoms with Crippen LogP contribution in [0.4, 0.5) is 5.69 Å². The van der Waals surface area contributed by atoms with Gasteiger partial charge in [0, 0.05) is 11.8 Å². The lowest BCUT2D eigenvalue weighted by Crippen LogP contribution is -2.40. The molecule has 5 N–H and O–H groups in total. The number of sulfonamides is 1. The first kappa shape index (κ1) is 14.7. The summed E-state index contributed by atoms with van der Waals surface area (Å²) in [5.74, 6) is 0.0946. The maximum Gasteiger partial charge on any atom is 0.244 e. The Morgan fingerprint density at radius 2 is 2.00 bits per heavy atom. The Morgan fingerprint density at radius 1 is 1.39 bits per heavy atom. The quantitative estimate of drug-likeness (QED) is 0.490. The number of aliphatic hydroxyl groups is 2. The maximum atomic E-state index is 12.0. The number of anilines is 1. The van der Waals surface area contributed by atoms with Gasteiger partial charge in [0.2, 0.25) is 10.0 Å². The van der Waals surface area contributed by atoms with E-state index in [1.54, 1.807) is 0 Å². The van der Waals surface area contributed by atoms with Crippen LogP contribution < -0.4 is 15.2 Å². The molecule has 1 aromatic rings. The summed E-state index contributed by atoms with van der Waals surface area (Å²) >= 11 is 0. The lowest BCUT2D eigenvalue weighted by atomic mass is 10.3. The first-order chi connectivity index (χ1) is 8.44. The topological polar surface area (TPSA) is 122 Å². The van der Waals surface area contributed by atoms with Crippen molar-refractivity contribution < 1.29 is 23.4 Å². The summed E-state index contributed by atoms with van der Waals surface area (Å²) in [4.78, 5) is -0.105. The molecule has 0 saturated carbocycles. The van der Waals surface area contributed by atoms with Gasteiger partial charge >= 0.3 is 0 Å². The summed E-state index contributed by atoms with van der Waals surface area (Å²) in [5, 5.41) is 17.7. The molecule has 0 fully saturated rings. The van der Waals surface area contributed by atoms with Gasteiger partial charge < -0.3 is 20.7 Å². The van der Waals surface area contributed by atoms with Crippen molar-refractivity contribution in [3.63, 3.8) is 0 Å². The number of ether oxygens (including phenoxy) is 1. The van der Waals surface area contributed by atoms with Gasteiger partial charge in [-0.1, -0.05) is 0 Å². The van der Waals surface area contributed by atoms with Crippen molar-refractivity contribution in [2.24, 2.45) is 0 Å². The predicted molar refractivity (Wildman–Crippen MR) is 65.7 cm³/mol. The van der Waals surface area contributed by atoms with Gasteiger partial charge in [-0.25, -0.2) is 13.1 Å². The van der Waals surface area contributed by atoms with E-state index in [-0.39, 0.29) is 10.6 Å². The van der Waals surface area contributed by atoms with Crippen LogP contribution >= 0.6 is 0 Å². The number of hydrogen-bond donors (Lipinski definition) is 4. The van der Waals surface area contributed by atoms with Crippen LogP contribution in [0.15, 0.2) is 23.1 Å². The van der Waals surface area contributed by atoms with Crippen molar-refractivity contribution in [3.8, 4) is 5.75 Å². The first-order valence-corrected chi connectivity index (χ1v) is 6.60. The molecule has 0 saturated heterocycles. The number of nitrogens with two attached hydrogens (primary N) is 1. The molecule has 7 nitrogen and oxygen atoms in total. The van der Waals surface area contributed by atoms with E-state index in [0.717, 1.165) is 0 Å². The maximum absolute atomic E-state index is 12.0. The van der Waals surface area contributed by atoms with Crippen LogP contribution in [0.25, 0.3) is 0 Å². The fraction of sp³-hybridized carbons (Fsp3) is 0.400. The van der Waals surface area contributed by atoms with Gasteiger partial charge in [0.15, 0.2) is 0 Å². The normalized spacial score (nSPS) is 11.8. The second kappa shape index (κ2) is 6.01. The van der Waals surface area contributed by atoms with E-state index >= 15 is 0 Å². The van der Waals surface area contributed by atoms with E-state index in [2.05, 4.69) is 4.72 Å². The second-order valence-electron chi connectivity index (χ2n) is 3.59. The van der Waals surface area contributed by atoms with Crippen molar-refractivity contribution >= 4 is 15.7 Å². The molecule has 0 spiro atoms. The minimum absolute atomic E-state index is 0.0946. The number of hydrogen-bond acceptors (Lipinski definition) is 6. The minimum atomic E-state index is -3.89. The van der Waals surface area contributed by atoms with E-state index in [4.69, 9.17) is 20.7 Å². The molecule has 0 heterocycles. The monoisotopic (exact) mass is 276 g/mol. The Bertz CT molecular complexity index is 499. The highest BCUT2D eigenvalue weighted by Gasteiger charge is 2.22. The van der Waals surface area contributed by atoms with Gasteiger partial charge in [0.25, 0.3) is 0 Å². The zero-order valence-electron chi connectivity index (χ0n) is 9.83. The van der Waals surface area contributed by atoms with Crippen LogP contribution in [0, 0.1) is 0 Å². The van der Waals surface area contributed by atoms with Gasteiger partial charge in [-0.15, -0.1) is 0 Å². The van der Waals surface area contributed by atoms with E-state index in [1.807, 2.05) is 0 Å². The van der Waals surface area contributed by atoms with Gasteiger partial charge in [0.05, 0.1) is 26.4 Å². The molecule has 0 amide bonds. The van der Waals surface area contributed by atoms with Crippen molar-refractivity contribution in [1.82, 2.24) is 4.72 Å². The van der Waals surface area contributed by atoms with E-state index < -0.39 is 29.3 Å². The largest absolute Gasteiger partial charge is 0.495 e. The molecule has 1 rings (SSSR count). The highest BCUT2D eigenvalue weighted by molar-refractivity contribution is 7.89. The molecule has 0 aliphatic heterocycles. The average molecular weight is 276 g/mol. The Kier molecular flexibility index (Phi) is 4.91. The van der Waals surface area contributed by atoms with Gasteiger partial charge in [-0.2, -0.15) is 0 Å². The number of benzene rings is 1. The van der Waals surface area contributed by atoms with Crippen LogP contribution in [0.1, 0.15) is 0 Å². The molecule has 102 valence electrons. The van der Waals surface area contributed by atoms with Gasteiger partial charge in [0.1, 0.15) is 10.6 Å². The Labute approximate surface area is 105 Å². The Hall–Kier alpha value is -1.35. The van der Waals surface area contributed by atoms with Crippen LogP contribution in [0.5, 0.6) is 5.75 Å². The number of aliphatic hydroxyl groups excluding tert-OH is 2. The molecule has 1 aromatic carbocycles. The molecule has 0 bridgehead atoms. The third kappa shape index (κ3) is 3.33. The van der Waals surface area contributed by atoms with Crippen molar-refractivity contribution in [2.75, 3.05) is 26.1 Å². The minimum Gasteiger partial charge on any atom is -0.495 e. The summed E-state index contributed by atoms with van der Waals surface area (Å²) in [5.41, 5.74) is 5.89. The van der Waals surface area contributed by atoms with E-state index in [0.29, 0.717) is 5.69 Å². The summed E-state index contributed by atoms with van der Waals surface area (Å²) in [7, 11) is -2.57. The van der Waals surface area contributed by atoms with E-state index in [9.17, 15) is 8.42 Å². The molecule has 0 aliphatic carbocycles. The Balaban J connectivity index is 3.12. The molecule has 0 aliphatic rings. The molecular formula is C10H16N2O5S. The first-order valence-electron chi connectivity index (χ1n) is 5.12. The zero-order chi connectivity index (χ0) is 13.8. The SMILES string of the molecule is COc1cc(N)ccc1S(=O)(=O)NC(CO)CO. The highest BCUT2D eigenvalue weighted by Crippen LogP contribution is 2.25. The number of methoxy groups -OCH3 is 1. The third-order valence-corrected chi connectivity index (χ3v) is 3.80. The summed E-state index contributed by atoms with van der Waals surface area (Å²) in [6.07, 6.45) is 0. The average Bonchev–Trinajstić information content (AvgIpc) is 2.35. The molecule has 0 unspecified atom stereocenters. The molecule has 0 aromatic heterocycles. The van der Waals surface area contributed by atoms with Crippen LogP contribution in [-0.4, -0.2) is 45.0 Å². The highest BCUT2D eigenvalue weighted by atomic mass is 32.2. The van der Waals surface area contributed by atoms with E-state index in [1.165, 1.54) is 25.3 Å². The smallest absolute Gasteiger partial charge is 0.244 e. The fourth-order valence-electron chi connectivity index (χ4n) is 1.32. The summed E-state index contributed by atoms with van der Waals surface area (Å²) < 4.78 is 31.1. The molecule has 18 heavy (non-hydrogen) atoms. The van der Waals surface area contributed by atoms with Crippen LogP contribution in [0.3, 0.4) is 0 Å². The molecule has 0 atom stereocenters. The van der Waals surface area contributed by atoms with Gasteiger partial charge in [-0.05, 0) is 12.1 Å². The van der Waals surface area contributed by atoms with Crippen LogP contribution in [0.2, 0.25) is 0 Å². The number of nitrogens with one attached hydrogen (secondary N) is 1. The van der Waals surface area contributed by atoms with Crippen LogP contribution in [-0.2, 0) is 10.0 Å². The van der Waals surface area contributed by atoms with Crippen molar-refractivity contribution in [1.29, 1.82) is 0 Å². The summed E-state index contributed by atoms with van der Waals surface area (Å²) in [6.45, 7) is -1.01. The Morgan fingerprint density at radius 3 is 2.50 bits per heavy atom. The van der Waals surface area contributed by atoms with Crippen molar-refractivity contribution in [2.45, 2.75) is 10.9 Å². The second-order valence-corrected chi connectivity index (χ2v) is 5.28. The molecular weight excluding hydrogens is 260 g/mol. The lowest BCUT2D eigenvalue weighted by molar-refractivity contribution is 0.185. The predicted octanol–water partition coefficient (Wildman–Crippen LogP) is -1.09.